The summed E-state index contributed by atoms with van der Waals surface area (Å²) in [4.78, 5) is 16.6. The summed E-state index contributed by atoms with van der Waals surface area (Å²) in [5.74, 6) is 0.0558. The smallest absolute Gasteiger partial charge is 0.244 e. The summed E-state index contributed by atoms with van der Waals surface area (Å²) in [6.07, 6.45) is 0. The standard InChI is InChI=1S/C17H27N3O4S/c1-5-19-8-10-20(11-9-19)17(21)14(3)18-25(22,23)16-12-13(2)6-7-15(16)24-4/h6-7,12,14,18H,5,8-11H2,1-4H3/t14-/m0/s1. The third kappa shape index (κ3) is 4.71. The monoisotopic (exact) mass is 369 g/mol. The van der Waals surface area contributed by atoms with Crippen LogP contribution in [0.2, 0.25) is 0 Å². The van der Waals surface area contributed by atoms with Crippen LogP contribution in [0.3, 0.4) is 0 Å². The molecule has 1 N–H and O–H groups in total. The van der Waals surface area contributed by atoms with Crippen LogP contribution in [0.1, 0.15) is 19.4 Å². The normalized spacial score (nSPS) is 17.4. The average molecular weight is 369 g/mol. The molecule has 2 rings (SSSR count). The van der Waals surface area contributed by atoms with E-state index in [4.69, 9.17) is 4.74 Å². The van der Waals surface area contributed by atoms with E-state index < -0.39 is 16.1 Å². The lowest BCUT2D eigenvalue weighted by Gasteiger charge is -2.35. The zero-order valence-corrected chi connectivity index (χ0v) is 16.1. The van der Waals surface area contributed by atoms with E-state index in [1.54, 1.807) is 36.9 Å². The number of amides is 1. The maximum Gasteiger partial charge on any atom is 0.244 e. The van der Waals surface area contributed by atoms with Gasteiger partial charge >= 0.3 is 0 Å². The molecule has 1 saturated heterocycles. The fraction of sp³-hybridized carbons (Fsp3) is 0.588. The summed E-state index contributed by atoms with van der Waals surface area (Å²) in [6, 6.07) is 4.10. The fourth-order valence-electron chi connectivity index (χ4n) is 2.90. The van der Waals surface area contributed by atoms with E-state index in [-0.39, 0.29) is 16.6 Å². The summed E-state index contributed by atoms with van der Waals surface area (Å²) in [7, 11) is -2.43. The first-order valence-corrected chi connectivity index (χ1v) is 9.95. The molecule has 25 heavy (non-hydrogen) atoms. The number of methoxy groups -OCH3 is 1. The number of benzene rings is 1. The second-order valence-electron chi connectivity index (χ2n) is 6.26. The summed E-state index contributed by atoms with van der Waals surface area (Å²) >= 11 is 0. The van der Waals surface area contributed by atoms with Gasteiger partial charge in [-0.15, -0.1) is 0 Å². The minimum Gasteiger partial charge on any atom is -0.495 e. The Bertz CT molecular complexity index is 713. The Morgan fingerprint density at radius 1 is 1.28 bits per heavy atom. The van der Waals surface area contributed by atoms with Gasteiger partial charge in [0, 0.05) is 26.2 Å². The maximum atomic E-state index is 12.7. The first kappa shape index (κ1) is 19.7. The van der Waals surface area contributed by atoms with Gasteiger partial charge in [-0.25, -0.2) is 8.42 Å². The predicted octanol–water partition coefficient (Wildman–Crippen LogP) is 0.835. The number of rotatable bonds is 6. The molecule has 1 amide bonds. The van der Waals surface area contributed by atoms with Gasteiger partial charge in [-0.1, -0.05) is 13.0 Å². The number of carbonyl (C=O) groups excluding carboxylic acids is 1. The largest absolute Gasteiger partial charge is 0.495 e. The van der Waals surface area contributed by atoms with Crippen molar-refractivity contribution in [2.24, 2.45) is 0 Å². The lowest BCUT2D eigenvalue weighted by Crippen LogP contribution is -2.54. The first-order valence-electron chi connectivity index (χ1n) is 8.46. The molecule has 1 aliphatic rings. The number of aryl methyl sites for hydroxylation is 1. The Balaban J connectivity index is 2.10. The second-order valence-corrected chi connectivity index (χ2v) is 7.94. The second kappa shape index (κ2) is 8.16. The molecule has 7 nitrogen and oxygen atoms in total. The Morgan fingerprint density at radius 3 is 2.48 bits per heavy atom. The zero-order chi connectivity index (χ0) is 18.6. The van der Waals surface area contributed by atoms with E-state index in [9.17, 15) is 13.2 Å². The maximum absolute atomic E-state index is 12.7. The van der Waals surface area contributed by atoms with Crippen molar-refractivity contribution in [3.05, 3.63) is 23.8 Å². The third-order valence-electron chi connectivity index (χ3n) is 4.44. The van der Waals surface area contributed by atoms with Crippen molar-refractivity contribution < 1.29 is 17.9 Å². The molecule has 0 aromatic heterocycles. The highest BCUT2D eigenvalue weighted by molar-refractivity contribution is 7.89. The van der Waals surface area contributed by atoms with Crippen LogP contribution in [0.5, 0.6) is 5.75 Å². The molecular formula is C17H27N3O4S. The predicted molar refractivity (Wildman–Crippen MR) is 96.2 cm³/mol. The molecule has 1 heterocycles. The SMILES string of the molecule is CCN1CCN(C(=O)[C@H](C)NS(=O)(=O)c2cc(C)ccc2OC)CC1. The topological polar surface area (TPSA) is 79.0 Å². The highest BCUT2D eigenvalue weighted by Crippen LogP contribution is 2.24. The zero-order valence-electron chi connectivity index (χ0n) is 15.3. The first-order chi connectivity index (χ1) is 11.8. The van der Waals surface area contributed by atoms with Crippen LogP contribution >= 0.6 is 0 Å². The van der Waals surface area contributed by atoms with Gasteiger partial charge in [-0.2, -0.15) is 4.72 Å². The molecule has 1 aromatic carbocycles. The van der Waals surface area contributed by atoms with Gasteiger partial charge in [0.2, 0.25) is 15.9 Å². The number of sulfonamides is 1. The molecule has 0 saturated carbocycles. The van der Waals surface area contributed by atoms with Gasteiger partial charge in [0.05, 0.1) is 13.2 Å². The van der Waals surface area contributed by atoms with E-state index in [0.29, 0.717) is 13.1 Å². The number of nitrogens with one attached hydrogen (secondary N) is 1. The van der Waals surface area contributed by atoms with Crippen molar-refractivity contribution in [3.63, 3.8) is 0 Å². The summed E-state index contributed by atoms with van der Waals surface area (Å²) in [6.45, 7) is 9.29. The molecule has 0 unspecified atom stereocenters. The van der Waals surface area contributed by atoms with Crippen molar-refractivity contribution in [1.29, 1.82) is 0 Å². The highest BCUT2D eigenvalue weighted by Gasteiger charge is 2.29. The van der Waals surface area contributed by atoms with Gasteiger partial charge in [0.15, 0.2) is 0 Å². The van der Waals surface area contributed by atoms with Crippen LogP contribution in [0.15, 0.2) is 23.1 Å². The number of hydrogen-bond donors (Lipinski definition) is 1. The van der Waals surface area contributed by atoms with Crippen molar-refractivity contribution >= 4 is 15.9 Å². The summed E-state index contributed by atoms with van der Waals surface area (Å²) < 4.78 is 33.0. The summed E-state index contributed by atoms with van der Waals surface area (Å²) in [5.41, 5.74) is 0.802. The number of ether oxygens (including phenoxy) is 1. The molecule has 1 aromatic rings. The molecule has 0 radical (unpaired) electrons. The minimum atomic E-state index is -3.86. The molecule has 0 aliphatic carbocycles. The van der Waals surface area contributed by atoms with Gasteiger partial charge < -0.3 is 14.5 Å². The van der Waals surface area contributed by atoms with E-state index in [0.717, 1.165) is 25.2 Å². The molecule has 1 atom stereocenters. The van der Waals surface area contributed by atoms with Gasteiger partial charge in [-0.05, 0) is 38.1 Å². The summed E-state index contributed by atoms with van der Waals surface area (Å²) in [5, 5.41) is 0. The van der Waals surface area contributed by atoms with E-state index in [2.05, 4.69) is 16.5 Å². The van der Waals surface area contributed by atoms with Crippen molar-refractivity contribution in [2.75, 3.05) is 39.8 Å². The van der Waals surface area contributed by atoms with Crippen LogP contribution in [-0.4, -0.2) is 70.0 Å². The quantitative estimate of drug-likeness (QED) is 0.804. The minimum absolute atomic E-state index is 0.0467. The fourth-order valence-corrected chi connectivity index (χ4v) is 4.35. The molecule has 0 spiro atoms. The van der Waals surface area contributed by atoms with Crippen molar-refractivity contribution in [3.8, 4) is 5.75 Å². The van der Waals surface area contributed by atoms with Crippen LogP contribution in [0.25, 0.3) is 0 Å². The third-order valence-corrected chi connectivity index (χ3v) is 6.00. The lowest BCUT2D eigenvalue weighted by molar-refractivity contribution is -0.134. The van der Waals surface area contributed by atoms with Crippen molar-refractivity contribution in [2.45, 2.75) is 31.7 Å². The van der Waals surface area contributed by atoms with Crippen LogP contribution in [0, 0.1) is 6.92 Å². The van der Waals surface area contributed by atoms with Gasteiger partial charge in [0.1, 0.15) is 10.6 Å². The van der Waals surface area contributed by atoms with Gasteiger partial charge in [-0.3, -0.25) is 4.79 Å². The Labute approximate surface area is 150 Å². The Hall–Kier alpha value is -1.64. The lowest BCUT2D eigenvalue weighted by atomic mass is 10.2. The Kier molecular flexibility index (Phi) is 6.42. The Morgan fingerprint density at radius 2 is 1.92 bits per heavy atom. The number of carbonyl (C=O) groups is 1. The van der Waals surface area contributed by atoms with E-state index >= 15 is 0 Å². The van der Waals surface area contributed by atoms with Gasteiger partial charge in [0.25, 0.3) is 0 Å². The highest BCUT2D eigenvalue weighted by atomic mass is 32.2. The number of hydrogen-bond acceptors (Lipinski definition) is 5. The van der Waals surface area contributed by atoms with Crippen LogP contribution in [-0.2, 0) is 14.8 Å². The molecule has 1 aliphatic heterocycles. The van der Waals surface area contributed by atoms with E-state index in [1.807, 2.05) is 0 Å². The van der Waals surface area contributed by atoms with Crippen LogP contribution < -0.4 is 9.46 Å². The number of likely N-dealkylation sites (N-methyl/N-ethyl adjacent to an activating group) is 1. The molecule has 8 heteroatoms. The van der Waals surface area contributed by atoms with E-state index in [1.165, 1.54) is 7.11 Å². The van der Waals surface area contributed by atoms with Crippen LogP contribution in [0.4, 0.5) is 0 Å². The molecular weight excluding hydrogens is 342 g/mol. The molecule has 140 valence electrons. The molecule has 1 fully saturated rings. The number of piperazine rings is 1. The average Bonchev–Trinajstić information content (AvgIpc) is 2.60. The number of nitrogens with zero attached hydrogens (tertiary/aromatic N) is 2. The van der Waals surface area contributed by atoms with Crippen molar-refractivity contribution in [1.82, 2.24) is 14.5 Å². The molecule has 0 bridgehead atoms.